The topological polar surface area (TPSA) is 79.0 Å². The van der Waals surface area contributed by atoms with Crippen molar-refractivity contribution < 1.29 is 19.1 Å². The van der Waals surface area contributed by atoms with Crippen LogP contribution in [-0.4, -0.2) is 53.6 Å². The second-order valence-corrected chi connectivity index (χ2v) is 4.67. The lowest BCUT2D eigenvalue weighted by Crippen LogP contribution is -2.63. The highest BCUT2D eigenvalue weighted by Crippen LogP contribution is 2.20. The zero-order valence-corrected chi connectivity index (χ0v) is 10.6. The molecule has 4 amide bonds. The number of nitrogens with zero attached hydrogens (tertiary/aromatic N) is 2. The van der Waals surface area contributed by atoms with Crippen molar-refractivity contribution in [3.63, 3.8) is 0 Å². The molecule has 3 rings (SSSR count). The van der Waals surface area contributed by atoms with Gasteiger partial charge in [-0.1, -0.05) is 18.2 Å². The Bertz CT molecular complexity index is 538. The summed E-state index contributed by atoms with van der Waals surface area (Å²) in [5.74, 6) is -0.344. The van der Waals surface area contributed by atoms with Gasteiger partial charge in [0.2, 0.25) is 0 Å². The number of rotatable bonds is 2. The number of carbonyl (C=O) groups is 3. The summed E-state index contributed by atoms with van der Waals surface area (Å²) in [6, 6.07) is 8.57. The van der Waals surface area contributed by atoms with Crippen LogP contribution in [0.4, 0.5) is 15.3 Å². The number of urea groups is 1. The van der Waals surface area contributed by atoms with E-state index >= 15 is 0 Å². The molecule has 0 aromatic heterocycles. The number of amides is 4. The highest BCUT2D eigenvalue weighted by molar-refractivity contribution is 5.98. The first kappa shape index (κ1) is 12.5. The van der Waals surface area contributed by atoms with Crippen molar-refractivity contribution in [2.75, 3.05) is 25.0 Å². The van der Waals surface area contributed by atoms with E-state index in [1.54, 1.807) is 12.1 Å². The largest absolute Gasteiger partial charge is 0.439 e. The summed E-state index contributed by atoms with van der Waals surface area (Å²) in [7, 11) is 0. The van der Waals surface area contributed by atoms with E-state index in [1.165, 1.54) is 4.90 Å². The summed E-state index contributed by atoms with van der Waals surface area (Å²) in [5, 5.41) is 2.74. The van der Waals surface area contributed by atoms with Crippen molar-refractivity contribution in [1.29, 1.82) is 0 Å². The molecular weight excluding hydrogens is 262 g/mol. The zero-order valence-electron chi connectivity index (χ0n) is 10.6. The first-order chi connectivity index (χ1) is 9.65. The molecule has 0 atom stereocenters. The van der Waals surface area contributed by atoms with E-state index in [0.717, 1.165) is 4.90 Å². The fourth-order valence-electron chi connectivity index (χ4n) is 2.23. The third-order valence-corrected chi connectivity index (χ3v) is 3.32. The minimum Gasteiger partial charge on any atom is -0.439 e. The smallest absolute Gasteiger partial charge is 0.417 e. The number of nitrogens with one attached hydrogen (secondary N) is 1. The summed E-state index contributed by atoms with van der Waals surface area (Å²) in [5.41, 5.74) is 0.706. The number of hydrogen-bond donors (Lipinski definition) is 1. The summed E-state index contributed by atoms with van der Waals surface area (Å²) < 4.78 is 4.64. The SMILES string of the molecule is O=C(Nc1ccccc1)N1CC(N2C(=O)COC2=O)C1. The summed E-state index contributed by atoms with van der Waals surface area (Å²) in [6.45, 7) is 0.463. The lowest BCUT2D eigenvalue weighted by atomic mass is 10.1. The van der Waals surface area contributed by atoms with Crippen molar-refractivity contribution in [3.05, 3.63) is 30.3 Å². The van der Waals surface area contributed by atoms with Gasteiger partial charge in [-0.3, -0.25) is 4.79 Å². The number of imide groups is 1. The van der Waals surface area contributed by atoms with Gasteiger partial charge in [0.15, 0.2) is 6.61 Å². The van der Waals surface area contributed by atoms with Crippen molar-refractivity contribution in [2.45, 2.75) is 6.04 Å². The van der Waals surface area contributed by atoms with Gasteiger partial charge in [-0.15, -0.1) is 0 Å². The summed E-state index contributed by atoms with van der Waals surface area (Å²) in [6.07, 6.45) is -0.622. The van der Waals surface area contributed by atoms with Gasteiger partial charge in [0, 0.05) is 18.8 Å². The van der Waals surface area contributed by atoms with Crippen molar-refractivity contribution in [2.24, 2.45) is 0 Å². The fraction of sp³-hybridized carbons (Fsp3) is 0.308. The number of benzene rings is 1. The first-order valence-corrected chi connectivity index (χ1v) is 6.25. The second-order valence-electron chi connectivity index (χ2n) is 4.67. The third-order valence-electron chi connectivity index (χ3n) is 3.32. The van der Waals surface area contributed by atoms with E-state index in [0.29, 0.717) is 18.8 Å². The molecule has 2 aliphatic rings. The summed E-state index contributed by atoms with van der Waals surface area (Å²) in [4.78, 5) is 37.3. The Morgan fingerprint density at radius 3 is 2.50 bits per heavy atom. The maximum atomic E-state index is 11.9. The highest BCUT2D eigenvalue weighted by Gasteiger charge is 2.44. The molecule has 1 aromatic rings. The van der Waals surface area contributed by atoms with E-state index in [1.807, 2.05) is 18.2 Å². The molecule has 0 radical (unpaired) electrons. The quantitative estimate of drug-likeness (QED) is 0.869. The van der Waals surface area contributed by atoms with Gasteiger partial charge in [0.25, 0.3) is 5.91 Å². The Morgan fingerprint density at radius 1 is 1.20 bits per heavy atom. The fourth-order valence-corrected chi connectivity index (χ4v) is 2.23. The molecule has 0 spiro atoms. The van der Waals surface area contributed by atoms with Crippen molar-refractivity contribution in [3.8, 4) is 0 Å². The van der Waals surface area contributed by atoms with Gasteiger partial charge >= 0.3 is 12.1 Å². The van der Waals surface area contributed by atoms with Gasteiger partial charge in [-0.25, -0.2) is 14.5 Å². The monoisotopic (exact) mass is 275 g/mol. The van der Waals surface area contributed by atoms with Crippen LogP contribution in [0.5, 0.6) is 0 Å². The molecule has 2 aliphatic heterocycles. The normalized spacial score (nSPS) is 18.8. The number of cyclic esters (lactones) is 1. The molecule has 7 nitrogen and oxygen atoms in total. The van der Waals surface area contributed by atoms with Gasteiger partial charge in [0.1, 0.15) is 0 Å². The van der Waals surface area contributed by atoms with Crippen LogP contribution in [0.2, 0.25) is 0 Å². The van der Waals surface area contributed by atoms with Gasteiger partial charge in [-0.2, -0.15) is 0 Å². The highest BCUT2D eigenvalue weighted by atomic mass is 16.6. The van der Waals surface area contributed by atoms with E-state index < -0.39 is 6.09 Å². The minimum atomic E-state index is -0.622. The Kier molecular flexibility index (Phi) is 3.02. The number of ether oxygens (including phenoxy) is 1. The predicted octanol–water partition coefficient (Wildman–Crippen LogP) is 0.881. The van der Waals surface area contributed by atoms with Crippen molar-refractivity contribution in [1.82, 2.24) is 9.80 Å². The van der Waals surface area contributed by atoms with E-state index in [-0.39, 0.29) is 24.6 Å². The molecule has 2 saturated heterocycles. The van der Waals surface area contributed by atoms with Crippen LogP contribution < -0.4 is 5.32 Å². The molecule has 2 heterocycles. The third kappa shape index (κ3) is 2.18. The molecule has 1 aromatic carbocycles. The van der Waals surface area contributed by atoms with E-state index in [2.05, 4.69) is 10.1 Å². The molecule has 20 heavy (non-hydrogen) atoms. The molecule has 0 bridgehead atoms. The Hall–Kier alpha value is -2.57. The Morgan fingerprint density at radius 2 is 1.90 bits per heavy atom. The summed E-state index contributed by atoms with van der Waals surface area (Å²) >= 11 is 0. The number of anilines is 1. The molecule has 0 aliphatic carbocycles. The van der Waals surface area contributed by atoms with Crippen LogP contribution in [0.1, 0.15) is 0 Å². The molecule has 2 fully saturated rings. The molecule has 104 valence electrons. The molecular formula is C13H13N3O4. The number of hydrogen-bond acceptors (Lipinski definition) is 4. The van der Waals surface area contributed by atoms with Crippen LogP contribution in [0, 0.1) is 0 Å². The molecule has 1 N–H and O–H groups in total. The second kappa shape index (κ2) is 4.84. The number of carbonyl (C=O) groups excluding carboxylic acids is 3. The number of likely N-dealkylation sites (tertiary alicyclic amines) is 1. The van der Waals surface area contributed by atoms with Crippen LogP contribution in [0.3, 0.4) is 0 Å². The van der Waals surface area contributed by atoms with Crippen molar-refractivity contribution >= 4 is 23.7 Å². The van der Waals surface area contributed by atoms with Gasteiger partial charge in [-0.05, 0) is 12.1 Å². The predicted molar refractivity (Wildman–Crippen MR) is 69.0 cm³/mol. The van der Waals surface area contributed by atoms with E-state index in [9.17, 15) is 14.4 Å². The molecule has 0 unspecified atom stereocenters. The lowest BCUT2D eigenvalue weighted by Gasteiger charge is -2.41. The van der Waals surface area contributed by atoms with Crippen LogP contribution in [0.25, 0.3) is 0 Å². The van der Waals surface area contributed by atoms with Gasteiger partial charge in [0.05, 0.1) is 6.04 Å². The molecule has 0 saturated carbocycles. The average molecular weight is 275 g/mol. The maximum absolute atomic E-state index is 11.9. The average Bonchev–Trinajstić information content (AvgIpc) is 2.70. The first-order valence-electron chi connectivity index (χ1n) is 6.25. The van der Waals surface area contributed by atoms with Gasteiger partial charge < -0.3 is 15.0 Å². The van der Waals surface area contributed by atoms with Crippen LogP contribution in [-0.2, 0) is 9.53 Å². The number of para-hydroxylation sites is 1. The van der Waals surface area contributed by atoms with Crippen LogP contribution in [0.15, 0.2) is 30.3 Å². The van der Waals surface area contributed by atoms with E-state index in [4.69, 9.17) is 0 Å². The maximum Gasteiger partial charge on any atom is 0.417 e. The zero-order chi connectivity index (χ0) is 14.1. The Labute approximate surface area is 115 Å². The Balaban J connectivity index is 1.54. The van der Waals surface area contributed by atoms with Crippen LogP contribution >= 0.6 is 0 Å². The molecule has 7 heteroatoms. The standard InChI is InChI=1S/C13H13N3O4/c17-11-8-20-13(19)16(11)10-6-15(7-10)12(18)14-9-4-2-1-3-5-9/h1-5,10H,6-8H2,(H,14,18). The lowest BCUT2D eigenvalue weighted by molar-refractivity contribution is -0.129. The minimum absolute atomic E-state index is 0.203.